The molecule has 1 aliphatic rings. The Bertz CT molecular complexity index is 1650. The molecule has 2 amide bonds. The molecule has 3 heterocycles. The van der Waals surface area contributed by atoms with Crippen LogP contribution in [0, 0.1) is 11.6 Å². The third-order valence-electron chi connectivity index (χ3n) is 6.96. The van der Waals surface area contributed by atoms with Crippen molar-refractivity contribution < 1.29 is 41.4 Å². The predicted octanol–water partition coefficient (Wildman–Crippen LogP) is 3.82. The number of benzene rings is 2. The van der Waals surface area contributed by atoms with Gasteiger partial charge in [-0.25, -0.2) is 13.8 Å². The average Bonchev–Trinajstić information content (AvgIpc) is 3.48. The smallest absolute Gasteiger partial charge is 0.424 e. The van der Waals surface area contributed by atoms with Crippen molar-refractivity contribution in [1.82, 2.24) is 15.3 Å². The van der Waals surface area contributed by atoms with Crippen LogP contribution >= 0.6 is 0 Å². The lowest BCUT2D eigenvalue weighted by atomic mass is 9.81. The molecule has 2 atom stereocenters. The number of aliphatic hydroxyl groups is 1. The number of pyridine rings is 1. The van der Waals surface area contributed by atoms with E-state index in [1.807, 2.05) is 0 Å². The highest BCUT2D eigenvalue weighted by Crippen LogP contribution is 2.47. The van der Waals surface area contributed by atoms with Crippen molar-refractivity contribution >= 4 is 22.7 Å². The number of alkyl halides is 3. The van der Waals surface area contributed by atoms with Crippen molar-refractivity contribution in [3.63, 3.8) is 0 Å². The molecule has 0 bridgehead atoms. The number of hydrogen-bond donors (Lipinski definition) is 4. The van der Waals surface area contributed by atoms with Crippen LogP contribution in [0.4, 0.5) is 22.0 Å². The summed E-state index contributed by atoms with van der Waals surface area (Å²) in [5, 5.41) is 13.4. The van der Waals surface area contributed by atoms with Gasteiger partial charge in [-0.1, -0.05) is 0 Å². The zero-order valence-corrected chi connectivity index (χ0v) is 20.7. The quantitative estimate of drug-likeness (QED) is 0.267. The topological polar surface area (TPSA) is 130 Å². The maximum atomic E-state index is 14.5. The van der Waals surface area contributed by atoms with Crippen molar-refractivity contribution in [2.24, 2.45) is 5.73 Å². The number of carbonyl (C=O) groups is 2. The highest BCUT2D eigenvalue weighted by atomic mass is 19.4. The number of halogens is 5. The van der Waals surface area contributed by atoms with E-state index in [2.05, 4.69) is 15.3 Å². The van der Waals surface area contributed by atoms with Crippen LogP contribution in [-0.2, 0) is 15.8 Å². The molecular weight excluding hydrogens is 539 g/mol. The molecule has 0 spiro atoms. The summed E-state index contributed by atoms with van der Waals surface area (Å²) in [7, 11) is 0. The van der Waals surface area contributed by atoms with Crippen molar-refractivity contribution in [2.45, 2.75) is 24.1 Å². The number of nitrogens with zero attached hydrogens (tertiary/aromatic N) is 1. The van der Waals surface area contributed by atoms with Crippen LogP contribution in [0.3, 0.4) is 0 Å². The highest BCUT2D eigenvalue weighted by molar-refractivity contribution is 5.98. The number of hydrogen-bond acceptors (Lipinski definition) is 5. The molecule has 4 aromatic rings. The molecule has 40 heavy (non-hydrogen) atoms. The maximum absolute atomic E-state index is 14.5. The second-order valence-corrected chi connectivity index (χ2v) is 9.68. The van der Waals surface area contributed by atoms with E-state index in [4.69, 9.17) is 10.5 Å². The minimum atomic E-state index is -5.37. The van der Waals surface area contributed by atoms with Gasteiger partial charge in [0.15, 0.2) is 0 Å². The predicted molar refractivity (Wildman–Crippen MR) is 132 cm³/mol. The summed E-state index contributed by atoms with van der Waals surface area (Å²) in [6.45, 7) is -0.312. The number of carbonyl (C=O) groups excluding carboxylic acids is 2. The average molecular weight is 560 g/mol. The van der Waals surface area contributed by atoms with Crippen LogP contribution < -0.4 is 15.8 Å². The monoisotopic (exact) mass is 560 g/mol. The summed E-state index contributed by atoms with van der Waals surface area (Å²) < 4.78 is 76.1. The highest BCUT2D eigenvalue weighted by Gasteiger charge is 2.57. The third kappa shape index (κ3) is 4.41. The van der Waals surface area contributed by atoms with Crippen LogP contribution in [0.25, 0.3) is 22.2 Å². The molecule has 0 radical (unpaired) electrons. The number of amides is 2. The Hall–Kier alpha value is -4.52. The van der Waals surface area contributed by atoms with Gasteiger partial charge in [0.1, 0.15) is 40.8 Å². The van der Waals surface area contributed by atoms with Gasteiger partial charge in [-0.3, -0.25) is 9.59 Å². The fourth-order valence-corrected chi connectivity index (χ4v) is 4.47. The summed E-state index contributed by atoms with van der Waals surface area (Å²) in [5.41, 5.74) is -0.627. The van der Waals surface area contributed by atoms with Crippen LogP contribution in [-0.4, -0.2) is 46.2 Å². The summed E-state index contributed by atoms with van der Waals surface area (Å²) in [6, 6.07) is 10.4. The minimum Gasteiger partial charge on any atom is -0.489 e. The second-order valence-electron chi connectivity index (χ2n) is 9.68. The van der Waals surface area contributed by atoms with Crippen molar-refractivity contribution in [2.75, 3.05) is 13.2 Å². The van der Waals surface area contributed by atoms with Crippen LogP contribution in [0.2, 0.25) is 0 Å². The molecule has 0 aliphatic carbocycles. The lowest BCUT2D eigenvalue weighted by Crippen LogP contribution is -2.52. The first-order chi connectivity index (χ1) is 18.7. The molecule has 1 unspecified atom stereocenters. The number of nitrogens with one attached hydrogen (secondary N) is 2. The van der Waals surface area contributed by atoms with Crippen LogP contribution in [0.15, 0.2) is 54.6 Å². The Morgan fingerprint density at radius 3 is 2.42 bits per heavy atom. The summed E-state index contributed by atoms with van der Waals surface area (Å²) >= 11 is 0. The second kappa shape index (κ2) is 9.30. The molecule has 0 saturated carbocycles. The van der Waals surface area contributed by atoms with Gasteiger partial charge in [0.2, 0.25) is 11.5 Å². The Labute approximate surface area is 223 Å². The zero-order valence-electron chi connectivity index (χ0n) is 20.7. The number of aromatic nitrogens is 2. The minimum absolute atomic E-state index is 0.0458. The number of fused-ring (bicyclic) bond motifs is 2. The van der Waals surface area contributed by atoms with E-state index >= 15 is 0 Å². The standard InChI is InChI=1S/C27H21F5N4O4/c1-25(24(33)38)12-40-22-17(25)10-20(36-21(22)13-2-4-15(28)5-3-13)26(39,27(30,31)32)11-34-23(37)19-9-14-8-16(29)6-7-18(14)35-19/h2-10,35,39H,11-12H2,1H3,(H2,33,38)(H,34,37)/t25-,26?/m0/s1. The molecule has 208 valence electrons. The molecule has 2 aromatic carbocycles. The SMILES string of the molecule is C[C@]1(C(N)=O)COc2c1cc(C(O)(CNC(=O)c1cc3cc(F)ccc3[nH]1)C(F)(F)F)nc2-c1ccc(F)cc1. The first-order valence-corrected chi connectivity index (χ1v) is 11.8. The number of rotatable bonds is 6. The first-order valence-electron chi connectivity index (χ1n) is 11.8. The van der Waals surface area contributed by atoms with E-state index in [0.717, 1.165) is 30.3 Å². The lowest BCUT2D eigenvalue weighted by molar-refractivity contribution is -0.265. The van der Waals surface area contributed by atoms with Gasteiger partial charge in [0.05, 0.1) is 12.2 Å². The fraction of sp³-hybridized carbons (Fsp3) is 0.222. The summed E-state index contributed by atoms with van der Waals surface area (Å²) in [6.07, 6.45) is -5.37. The van der Waals surface area contributed by atoms with E-state index in [1.54, 1.807) is 0 Å². The number of aromatic amines is 1. The molecule has 1 aliphatic heterocycles. The molecule has 0 saturated heterocycles. The summed E-state index contributed by atoms with van der Waals surface area (Å²) in [5.74, 6) is -3.14. The molecule has 13 heteroatoms. The maximum Gasteiger partial charge on any atom is 0.424 e. The van der Waals surface area contributed by atoms with Crippen molar-refractivity contribution in [3.05, 3.63) is 83.2 Å². The molecule has 0 fully saturated rings. The van der Waals surface area contributed by atoms with Crippen molar-refractivity contribution in [1.29, 1.82) is 0 Å². The van der Waals surface area contributed by atoms with Gasteiger partial charge in [-0.15, -0.1) is 0 Å². The summed E-state index contributed by atoms with van der Waals surface area (Å²) in [4.78, 5) is 31.8. The number of nitrogens with two attached hydrogens (primary N) is 1. The van der Waals surface area contributed by atoms with E-state index in [9.17, 15) is 36.6 Å². The van der Waals surface area contributed by atoms with Crippen LogP contribution in [0.5, 0.6) is 5.75 Å². The number of ether oxygens (including phenoxy) is 1. The zero-order chi connectivity index (χ0) is 29.0. The normalized spacial score (nSPS) is 18.2. The van der Waals surface area contributed by atoms with Gasteiger partial charge in [-0.05, 0) is 61.5 Å². The van der Waals surface area contributed by atoms with E-state index in [-0.39, 0.29) is 34.9 Å². The fourth-order valence-electron chi connectivity index (χ4n) is 4.47. The van der Waals surface area contributed by atoms with Gasteiger partial charge in [0.25, 0.3) is 5.91 Å². The number of primary amides is 1. The van der Waals surface area contributed by atoms with Gasteiger partial charge in [0, 0.05) is 22.0 Å². The molecule has 8 nitrogen and oxygen atoms in total. The van der Waals surface area contributed by atoms with E-state index in [0.29, 0.717) is 10.9 Å². The Morgan fingerprint density at radius 1 is 1.10 bits per heavy atom. The van der Waals surface area contributed by atoms with E-state index in [1.165, 1.54) is 31.2 Å². The molecule has 2 aromatic heterocycles. The Balaban J connectivity index is 1.58. The van der Waals surface area contributed by atoms with Crippen molar-refractivity contribution in [3.8, 4) is 17.0 Å². The first kappa shape index (κ1) is 27.1. The lowest BCUT2D eigenvalue weighted by Gasteiger charge is -2.31. The molecule has 5 rings (SSSR count). The number of H-pyrrole nitrogens is 1. The Kier molecular flexibility index (Phi) is 6.29. The van der Waals surface area contributed by atoms with Gasteiger partial charge >= 0.3 is 6.18 Å². The largest absolute Gasteiger partial charge is 0.489 e. The van der Waals surface area contributed by atoms with Gasteiger partial charge < -0.3 is 25.9 Å². The Morgan fingerprint density at radius 2 is 1.77 bits per heavy atom. The molecule has 5 N–H and O–H groups in total. The third-order valence-corrected chi connectivity index (χ3v) is 6.96. The van der Waals surface area contributed by atoms with E-state index < -0.39 is 52.9 Å². The van der Waals surface area contributed by atoms with Crippen LogP contribution in [0.1, 0.15) is 28.7 Å². The van der Waals surface area contributed by atoms with Gasteiger partial charge in [-0.2, -0.15) is 13.2 Å². The molecular formula is C27H21F5N4O4.